The van der Waals surface area contributed by atoms with E-state index in [-0.39, 0.29) is 11.2 Å². The Bertz CT molecular complexity index is 895. The van der Waals surface area contributed by atoms with Crippen LogP contribution in [0.2, 0.25) is 0 Å². The number of hydrogen-bond donors (Lipinski definition) is 1. The third kappa shape index (κ3) is 4.20. The van der Waals surface area contributed by atoms with E-state index < -0.39 is 0 Å². The molecule has 0 radical (unpaired) electrons. The fourth-order valence-electron chi connectivity index (χ4n) is 2.26. The summed E-state index contributed by atoms with van der Waals surface area (Å²) in [4.78, 5) is 12.5. The van der Waals surface area contributed by atoms with Crippen LogP contribution in [-0.4, -0.2) is 38.5 Å². The first-order valence-corrected chi connectivity index (χ1v) is 8.92. The Kier molecular flexibility index (Phi) is 5.52. The Hall–Kier alpha value is -2.87. The average Bonchev–Trinajstić information content (AvgIpc) is 3.10. The molecule has 2 aromatic carbocycles. The second-order valence-electron chi connectivity index (χ2n) is 5.69. The van der Waals surface area contributed by atoms with Crippen molar-refractivity contribution in [2.75, 3.05) is 12.4 Å². The first-order chi connectivity index (χ1) is 12.6. The van der Waals surface area contributed by atoms with Crippen molar-refractivity contribution in [3.8, 4) is 11.4 Å². The maximum Gasteiger partial charge on any atom is 0.237 e. The van der Waals surface area contributed by atoms with Gasteiger partial charge in [0.1, 0.15) is 5.75 Å². The van der Waals surface area contributed by atoms with E-state index in [1.54, 1.807) is 17.9 Å². The Morgan fingerprint density at radius 1 is 1.23 bits per heavy atom. The molecule has 0 fully saturated rings. The minimum atomic E-state index is -0.378. The van der Waals surface area contributed by atoms with Gasteiger partial charge in [-0.3, -0.25) is 4.79 Å². The van der Waals surface area contributed by atoms with Crippen LogP contribution >= 0.6 is 11.8 Å². The van der Waals surface area contributed by atoms with Crippen LogP contribution in [0.4, 0.5) is 5.69 Å². The van der Waals surface area contributed by atoms with E-state index >= 15 is 0 Å². The summed E-state index contributed by atoms with van der Waals surface area (Å²) in [6, 6.07) is 15.1. The summed E-state index contributed by atoms with van der Waals surface area (Å²) >= 11 is 1.30. The Labute approximate surface area is 155 Å². The summed E-state index contributed by atoms with van der Waals surface area (Å²) in [5, 5.41) is 14.8. The lowest BCUT2D eigenvalue weighted by Gasteiger charge is -2.12. The number of hydrogen-bond acceptors (Lipinski definition) is 6. The molecule has 1 atom stereocenters. The topological polar surface area (TPSA) is 81.9 Å². The molecular formula is C18H19N5O2S. The van der Waals surface area contributed by atoms with Crippen LogP contribution in [0.3, 0.4) is 0 Å². The second kappa shape index (κ2) is 8.01. The van der Waals surface area contributed by atoms with Crippen molar-refractivity contribution < 1.29 is 9.53 Å². The van der Waals surface area contributed by atoms with Gasteiger partial charge in [-0.15, -0.1) is 5.10 Å². The lowest BCUT2D eigenvalue weighted by Crippen LogP contribution is -2.22. The van der Waals surface area contributed by atoms with Crippen LogP contribution in [-0.2, 0) is 4.79 Å². The lowest BCUT2D eigenvalue weighted by molar-refractivity contribution is -0.115. The zero-order valence-corrected chi connectivity index (χ0v) is 15.5. The maximum atomic E-state index is 12.5. The molecule has 0 unspecified atom stereocenters. The van der Waals surface area contributed by atoms with Gasteiger partial charge in [0.25, 0.3) is 0 Å². The highest BCUT2D eigenvalue weighted by atomic mass is 32.2. The number of benzene rings is 2. The van der Waals surface area contributed by atoms with Gasteiger partial charge in [0, 0.05) is 11.8 Å². The molecule has 0 bridgehead atoms. The molecule has 0 aliphatic carbocycles. The third-order valence-electron chi connectivity index (χ3n) is 3.71. The fraction of sp³-hybridized carbons (Fsp3) is 0.222. The lowest BCUT2D eigenvalue weighted by atomic mass is 10.2. The minimum Gasteiger partial charge on any atom is -0.497 e. The van der Waals surface area contributed by atoms with Crippen molar-refractivity contribution in [3.05, 3.63) is 54.1 Å². The number of carbonyl (C=O) groups is 1. The van der Waals surface area contributed by atoms with E-state index in [0.717, 1.165) is 11.3 Å². The van der Waals surface area contributed by atoms with Crippen LogP contribution in [0.25, 0.3) is 5.69 Å². The summed E-state index contributed by atoms with van der Waals surface area (Å²) in [7, 11) is 1.59. The molecule has 0 saturated carbocycles. The molecule has 3 rings (SSSR count). The van der Waals surface area contributed by atoms with Gasteiger partial charge in [-0.05, 0) is 48.5 Å². The fourth-order valence-corrected chi connectivity index (χ4v) is 3.06. The van der Waals surface area contributed by atoms with Crippen LogP contribution in [0, 0.1) is 6.92 Å². The molecule has 0 spiro atoms. The van der Waals surface area contributed by atoms with Gasteiger partial charge in [-0.2, -0.15) is 4.68 Å². The van der Waals surface area contributed by atoms with Gasteiger partial charge >= 0.3 is 0 Å². The number of aryl methyl sites for hydroxylation is 1. The quantitative estimate of drug-likeness (QED) is 0.673. The van der Waals surface area contributed by atoms with Crippen LogP contribution < -0.4 is 10.1 Å². The number of tetrazole rings is 1. The number of nitrogens with zero attached hydrogens (tertiary/aromatic N) is 4. The SMILES string of the molecule is COc1cccc(NC(=O)[C@@H](C)Sc2nnnn2-c2ccc(C)cc2)c1. The van der Waals surface area contributed by atoms with Crippen molar-refractivity contribution in [1.82, 2.24) is 20.2 Å². The number of aromatic nitrogens is 4. The van der Waals surface area contributed by atoms with Gasteiger partial charge in [0.05, 0.1) is 18.0 Å². The van der Waals surface area contributed by atoms with Crippen molar-refractivity contribution in [2.45, 2.75) is 24.3 Å². The van der Waals surface area contributed by atoms with Crippen LogP contribution in [0.15, 0.2) is 53.7 Å². The van der Waals surface area contributed by atoms with E-state index in [2.05, 4.69) is 20.8 Å². The predicted octanol–water partition coefficient (Wildman–Crippen LogP) is 3.10. The number of anilines is 1. The molecule has 7 nitrogen and oxygen atoms in total. The number of ether oxygens (including phenoxy) is 1. The molecule has 134 valence electrons. The van der Waals surface area contributed by atoms with Gasteiger partial charge in [0.2, 0.25) is 11.1 Å². The number of nitrogens with one attached hydrogen (secondary N) is 1. The molecule has 0 aliphatic heterocycles. The molecule has 0 saturated heterocycles. The molecular weight excluding hydrogens is 350 g/mol. The third-order valence-corrected chi connectivity index (χ3v) is 4.74. The van der Waals surface area contributed by atoms with Crippen molar-refractivity contribution in [2.24, 2.45) is 0 Å². The Morgan fingerprint density at radius 2 is 2.00 bits per heavy atom. The highest BCUT2D eigenvalue weighted by Gasteiger charge is 2.19. The highest BCUT2D eigenvalue weighted by Crippen LogP contribution is 2.24. The van der Waals surface area contributed by atoms with E-state index in [1.165, 1.54) is 11.8 Å². The first-order valence-electron chi connectivity index (χ1n) is 8.04. The molecule has 1 amide bonds. The van der Waals surface area contributed by atoms with Crippen molar-refractivity contribution in [3.63, 3.8) is 0 Å². The molecule has 3 aromatic rings. The number of amides is 1. The molecule has 1 heterocycles. The van der Waals surface area contributed by atoms with E-state index in [4.69, 9.17) is 4.74 Å². The van der Waals surface area contributed by atoms with E-state index in [0.29, 0.717) is 16.6 Å². The van der Waals surface area contributed by atoms with Crippen molar-refractivity contribution in [1.29, 1.82) is 0 Å². The van der Waals surface area contributed by atoms with Gasteiger partial charge in [0.15, 0.2) is 0 Å². The number of thioether (sulfide) groups is 1. The van der Waals surface area contributed by atoms with Crippen molar-refractivity contribution >= 4 is 23.4 Å². The normalized spacial score (nSPS) is 11.8. The summed E-state index contributed by atoms with van der Waals surface area (Å²) in [5.41, 5.74) is 2.69. The second-order valence-corrected chi connectivity index (χ2v) is 7.00. The first kappa shape index (κ1) is 17.9. The summed E-state index contributed by atoms with van der Waals surface area (Å²) in [6.07, 6.45) is 0. The number of carbonyl (C=O) groups excluding carboxylic acids is 1. The Balaban J connectivity index is 1.70. The number of rotatable bonds is 6. The molecule has 8 heteroatoms. The summed E-state index contributed by atoms with van der Waals surface area (Å²) in [6.45, 7) is 3.83. The molecule has 26 heavy (non-hydrogen) atoms. The average molecular weight is 369 g/mol. The van der Waals surface area contributed by atoms with E-state index in [9.17, 15) is 4.79 Å². The molecule has 1 aromatic heterocycles. The highest BCUT2D eigenvalue weighted by molar-refractivity contribution is 8.00. The van der Waals surface area contributed by atoms with E-state index in [1.807, 2.05) is 56.3 Å². The monoisotopic (exact) mass is 369 g/mol. The molecule has 0 aliphatic rings. The van der Waals surface area contributed by atoms with Gasteiger partial charge in [-0.25, -0.2) is 0 Å². The largest absolute Gasteiger partial charge is 0.497 e. The smallest absolute Gasteiger partial charge is 0.237 e. The Morgan fingerprint density at radius 3 is 2.73 bits per heavy atom. The van der Waals surface area contributed by atoms with Gasteiger partial charge < -0.3 is 10.1 Å². The van der Waals surface area contributed by atoms with Crippen LogP contribution in [0.1, 0.15) is 12.5 Å². The molecule has 1 N–H and O–H groups in total. The predicted molar refractivity (Wildman–Crippen MR) is 101 cm³/mol. The zero-order chi connectivity index (χ0) is 18.5. The number of methoxy groups -OCH3 is 1. The zero-order valence-electron chi connectivity index (χ0n) is 14.7. The summed E-state index contributed by atoms with van der Waals surface area (Å²) < 4.78 is 6.79. The summed E-state index contributed by atoms with van der Waals surface area (Å²) in [5.74, 6) is 0.549. The van der Waals surface area contributed by atoms with Gasteiger partial charge in [-0.1, -0.05) is 35.5 Å². The standard InChI is InChI=1S/C18H19N5O2S/c1-12-7-9-15(10-8-12)23-18(20-21-22-23)26-13(2)17(24)19-14-5-4-6-16(11-14)25-3/h4-11,13H,1-3H3,(H,19,24)/t13-/m1/s1. The maximum absolute atomic E-state index is 12.5. The van der Waals surface area contributed by atoms with Crippen LogP contribution in [0.5, 0.6) is 5.75 Å². The minimum absolute atomic E-state index is 0.137.